The molecule has 1 aliphatic carbocycles. The van der Waals surface area contributed by atoms with E-state index in [1.807, 2.05) is 54.6 Å². The fourth-order valence-corrected chi connectivity index (χ4v) is 4.54. The predicted octanol–water partition coefficient (Wildman–Crippen LogP) is 6.04. The second-order valence-corrected chi connectivity index (χ2v) is 8.53. The Morgan fingerprint density at radius 3 is 2.33 bits per heavy atom. The van der Waals surface area contributed by atoms with Crippen LogP contribution in [0.1, 0.15) is 38.1 Å². The van der Waals surface area contributed by atoms with Crippen molar-refractivity contribution in [3.8, 4) is 22.4 Å². The number of rotatable bonds is 3. The van der Waals surface area contributed by atoms with Crippen LogP contribution < -0.4 is 5.69 Å². The molecule has 5 nitrogen and oxygen atoms in total. The van der Waals surface area contributed by atoms with E-state index in [2.05, 4.69) is 5.10 Å². The largest absolute Gasteiger partial charge is 0.367 e. The molecule has 2 heterocycles. The monoisotopic (exact) mass is 438 g/mol. The summed E-state index contributed by atoms with van der Waals surface area (Å²) in [6.45, 7) is 0. The molecule has 1 saturated carbocycles. The molecule has 2 aromatic carbocycles. The Labute approximate surface area is 183 Å². The lowest BCUT2D eigenvalue weighted by Gasteiger charge is -2.20. The van der Waals surface area contributed by atoms with Crippen LogP contribution in [0.4, 0.5) is 0 Å². The van der Waals surface area contributed by atoms with Crippen LogP contribution in [0, 0.1) is 0 Å². The molecular weight excluding hydrogens is 419 g/mol. The van der Waals surface area contributed by atoms with Crippen molar-refractivity contribution < 1.29 is 0 Å². The maximum Gasteiger partial charge on any atom is 0.367 e. The highest BCUT2D eigenvalue weighted by Crippen LogP contribution is 2.35. The Morgan fingerprint density at radius 1 is 0.867 bits per heavy atom. The van der Waals surface area contributed by atoms with Crippen LogP contribution in [-0.2, 0) is 0 Å². The number of hydrogen-bond acceptors (Lipinski definition) is 3. The Kier molecular flexibility index (Phi) is 5.09. The lowest BCUT2D eigenvalue weighted by molar-refractivity contribution is 0.322. The van der Waals surface area contributed by atoms with Crippen LogP contribution in [0.2, 0.25) is 10.0 Å². The zero-order valence-electron chi connectivity index (χ0n) is 16.3. The van der Waals surface area contributed by atoms with Crippen LogP contribution >= 0.6 is 23.2 Å². The molecule has 30 heavy (non-hydrogen) atoms. The molecule has 152 valence electrons. The zero-order valence-corrected chi connectivity index (χ0v) is 17.8. The van der Waals surface area contributed by atoms with Crippen LogP contribution in [0.15, 0.2) is 59.4 Å². The second kappa shape index (κ2) is 7.89. The Balaban J connectivity index is 1.75. The molecule has 0 atom stereocenters. The van der Waals surface area contributed by atoms with Gasteiger partial charge in [-0.25, -0.2) is 9.48 Å². The van der Waals surface area contributed by atoms with Crippen molar-refractivity contribution in [2.24, 2.45) is 0 Å². The highest BCUT2D eigenvalue weighted by molar-refractivity contribution is 6.33. The molecule has 7 heteroatoms. The lowest BCUT2D eigenvalue weighted by atomic mass is 9.96. The molecule has 4 aromatic rings. The third-order valence-electron chi connectivity index (χ3n) is 5.74. The SMILES string of the molecule is O=c1n(C2CCCCC2)nc2cc(-c3ccc(Cl)cc3)c(-c3ccccc3Cl)nn12. The molecule has 0 spiro atoms. The predicted molar refractivity (Wildman–Crippen MR) is 120 cm³/mol. The van der Waals surface area contributed by atoms with Crippen molar-refractivity contribution >= 4 is 28.8 Å². The van der Waals surface area contributed by atoms with Gasteiger partial charge >= 0.3 is 5.69 Å². The van der Waals surface area contributed by atoms with Crippen molar-refractivity contribution in [3.63, 3.8) is 0 Å². The molecule has 0 radical (unpaired) electrons. The molecule has 0 amide bonds. The van der Waals surface area contributed by atoms with E-state index in [9.17, 15) is 4.79 Å². The molecule has 0 saturated heterocycles. The van der Waals surface area contributed by atoms with Gasteiger partial charge in [-0.2, -0.15) is 9.61 Å². The van der Waals surface area contributed by atoms with E-state index in [-0.39, 0.29) is 11.7 Å². The number of fused-ring (bicyclic) bond motifs is 1. The molecule has 0 aliphatic heterocycles. The fraction of sp³-hybridized carbons (Fsp3) is 0.261. The van der Waals surface area contributed by atoms with Gasteiger partial charge < -0.3 is 0 Å². The number of nitrogens with zero attached hydrogens (tertiary/aromatic N) is 4. The lowest BCUT2D eigenvalue weighted by Crippen LogP contribution is -2.27. The Bertz CT molecular complexity index is 1270. The van der Waals surface area contributed by atoms with Gasteiger partial charge in [-0.1, -0.05) is 72.8 Å². The first-order chi connectivity index (χ1) is 14.6. The van der Waals surface area contributed by atoms with Crippen molar-refractivity contribution in [3.05, 3.63) is 75.1 Å². The first kappa shape index (κ1) is 19.3. The smallest absolute Gasteiger partial charge is 0.244 e. The van der Waals surface area contributed by atoms with Gasteiger partial charge in [0.15, 0.2) is 5.65 Å². The highest BCUT2D eigenvalue weighted by atomic mass is 35.5. The summed E-state index contributed by atoms with van der Waals surface area (Å²) in [5.74, 6) is 0. The summed E-state index contributed by atoms with van der Waals surface area (Å²) < 4.78 is 3.01. The summed E-state index contributed by atoms with van der Waals surface area (Å²) in [5.41, 5.74) is 3.53. The third kappa shape index (κ3) is 3.42. The Hall–Kier alpha value is -2.63. The molecule has 0 unspecified atom stereocenters. The van der Waals surface area contributed by atoms with E-state index in [0.717, 1.165) is 42.4 Å². The Morgan fingerprint density at radius 2 is 1.60 bits per heavy atom. The van der Waals surface area contributed by atoms with Crippen LogP contribution in [-0.4, -0.2) is 19.4 Å². The van der Waals surface area contributed by atoms with E-state index in [1.165, 1.54) is 10.9 Å². The molecule has 0 bridgehead atoms. The standard InChI is InChI=1S/C23H20Cl2N4O/c24-16-12-10-15(11-13-16)19-14-21-26-28(17-6-2-1-3-7-17)23(30)29(21)27-22(19)18-8-4-5-9-20(18)25/h4-5,8-14,17H,1-3,6-7H2. The van der Waals surface area contributed by atoms with Crippen LogP contribution in [0.25, 0.3) is 28.0 Å². The average Bonchev–Trinajstić information content (AvgIpc) is 3.10. The number of aromatic nitrogens is 4. The van der Waals surface area contributed by atoms with Crippen LogP contribution in [0.5, 0.6) is 0 Å². The molecule has 1 aliphatic rings. The van der Waals surface area contributed by atoms with Crippen molar-refractivity contribution in [2.45, 2.75) is 38.1 Å². The van der Waals surface area contributed by atoms with Gasteiger partial charge in [0, 0.05) is 16.1 Å². The molecule has 1 fully saturated rings. The maximum absolute atomic E-state index is 13.1. The summed E-state index contributed by atoms with van der Waals surface area (Å²) >= 11 is 12.6. The molecule has 5 rings (SSSR count). The average molecular weight is 439 g/mol. The maximum atomic E-state index is 13.1. The van der Waals surface area contributed by atoms with E-state index in [4.69, 9.17) is 28.3 Å². The number of benzene rings is 2. The highest BCUT2D eigenvalue weighted by Gasteiger charge is 2.22. The quantitative estimate of drug-likeness (QED) is 0.391. The fourth-order valence-electron chi connectivity index (χ4n) is 4.19. The van der Waals surface area contributed by atoms with E-state index in [0.29, 0.717) is 21.4 Å². The van der Waals surface area contributed by atoms with Gasteiger partial charge in [0.05, 0.1) is 11.1 Å². The van der Waals surface area contributed by atoms with Gasteiger partial charge in [-0.3, -0.25) is 0 Å². The van der Waals surface area contributed by atoms with Gasteiger partial charge in [0.25, 0.3) is 0 Å². The molecule has 0 N–H and O–H groups in total. The zero-order chi connectivity index (χ0) is 20.7. The van der Waals surface area contributed by atoms with E-state index >= 15 is 0 Å². The normalized spacial score (nSPS) is 15.0. The summed E-state index contributed by atoms with van der Waals surface area (Å²) in [6.07, 6.45) is 5.42. The van der Waals surface area contributed by atoms with Gasteiger partial charge in [0.2, 0.25) is 0 Å². The first-order valence-corrected chi connectivity index (χ1v) is 10.9. The van der Waals surface area contributed by atoms with Gasteiger partial charge in [-0.15, -0.1) is 5.10 Å². The summed E-state index contributed by atoms with van der Waals surface area (Å²) in [5, 5.41) is 10.6. The third-order valence-corrected chi connectivity index (χ3v) is 6.32. The minimum Gasteiger partial charge on any atom is -0.244 e. The second-order valence-electron chi connectivity index (χ2n) is 7.68. The molecular formula is C23H20Cl2N4O. The summed E-state index contributed by atoms with van der Waals surface area (Å²) in [7, 11) is 0. The van der Waals surface area contributed by atoms with Crippen molar-refractivity contribution in [1.82, 2.24) is 19.4 Å². The number of halogens is 2. The van der Waals surface area contributed by atoms with Gasteiger partial charge in [0.1, 0.15) is 5.69 Å². The summed E-state index contributed by atoms with van der Waals surface area (Å²) in [4.78, 5) is 13.1. The van der Waals surface area contributed by atoms with E-state index < -0.39 is 0 Å². The van der Waals surface area contributed by atoms with Crippen LogP contribution in [0.3, 0.4) is 0 Å². The number of hydrogen-bond donors (Lipinski definition) is 0. The molecule has 2 aromatic heterocycles. The van der Waals surface area contributed by atoms with Crippen molar-refractivity contribution in [2.75, 3.05) is 0 Å². The summed E-state index contributed by atoms with van der Waals surface area (Å²) in [6, 6.07) is 17.1. The van der Waals surface area contributed by atoms with Gasteiger partial charge in [-0.05, 0) is 42.7 Å². The first-order valence-electron chi connectivity index (χ1n) is 10.2. The van der Waals surface area contributed by atoms with Crippen molar-refractivity contribution in [1.29, 1.82) is 0 Å². The topological polar surface area (TPSA) is 52.2 Å². The minimum absolute atomic E-state index is 0.135. The van der Waals surface area contributed by atoms with E-state index in [1.54, 1.807) is 4.68 Å². The minimum atomic E-state index is -0.201.